The molecule has 0 aliphatic carbocycles. The molecule has 176 valence electrons. The van der Waals surface area contributed by atoms with Crippen molar-refractivity contribution in [3.8, 4) is 0 Å². The number of anilines is 1. The van der Waals surface area contributed by atoms with E-state index in [1.165, 1.54) is 6.21 Å². The molecule has 1 aliphatic heterocycles. The van der Waals surface area contributed by atoms with Crippen molar-refractivity contribution in [1.29, 1.82) is 0 Å². The number of carbonyl (C=O) groups excluding carboxylic acids is 3. The molecule has 1 aromatic rings. The van der Waals surface area contributed by atoms with Crippen LogP contribution in [0.15, 0.2) is 29.4 Å². The molecule has 2 rings (SSSR count). The first-order valence-electron chi connectivity index (χ1n) is 10.0. The molecule has 0 saturated carbocycles. The van der Waals surface area contributed by atoms with Crippen molar-refractivity contribution in [1.82, 2.24) is 10.6 Å². The number of nitrogens with two attached hydrogens (primary N) is 1. The first kappa shape index (κ1) is 26.4. The van der Waals surface area contributed by atoms with Gasteiger partial charge >= 0.3 is 12.0 Å². The van der Waals surface area contributed by atoms with Crippen molar-refractivity contribution >= 4 is 35.8 Å². The number of ether oxygens (including phenoxy) is 1. The van der Waals surface area contributed by atoms with Crippen molar-refractivity contribution in [2.75, 3.05) is 18.0 Å². The van der Waals surface area contributed by atoms with Crippen LogP contribution in [0.25, 0.3) is 0 Å². The molecule has 3 amide bonds. The summed E-state index contributed by atoms with van der Waals surface area (Å²) in [6.45, 7) is 7.06. The molecule has 0 radical (unpaired) electrons. The minimum Gasteiger partial charge on any atom is -0.481 e. The van der Waals surface area contributed by atoms with Crippen molar-refractivity contribution in [3.05, 3.63) is 29.8 Å². The number of carboxylic acid groups (broad SMARTS) is 1. The van der Waals surface area contributed by atoms with E-state index < -0.39 is 23.6 Å². The quantitative estimate of drug-likeness (QED) is 0.219. The largest absolute Gasteiger partial charge is 0.481 e. The number of rotatable bonds is 6. The van der Waals surface area contributed by atoms with Gasteiger partial charge in [0.1, 0.15) is 11.6 Å². The van der Waals surface area contributed by atoms with Gasteiger partial charge in [-0.2, -0.15) is 5.10 Å². The number of esters is 1. The van der Waals surface area contributed by atoms with Crippen molar-refractivity contribution in [2.24, 2.45) is 10.9 Å². The number of carboxylic acids is 1. The molecular formula is C21H31N5O6. The van der Waals surface area contributed by atoms with Gasteiger partial charge in [0, 0.05) is 25.7 Å². The Morgan fingerprint density at radius 2 is 1.88 bits per heavy atom. The van der Waals surface area contributed by atoms with Gasteiger partial charge in [0.05, 0.1) is 12.6 Å². The van der Waals surface area contributed by atoms with Gasteiger partial charge in [-0.1, -0.05) is 12.1 Å². The fraction of sp³-hybridized carbons (Fsp3) is 0.476. The van der Waals surface area contributed by atoms with E-state index in [1.54, 1.807) is 37.8 Å². The van der Waals surface area contributed by atoms with Crippen LogP contribution in [0.2, 0.25) is 0 Å². The maximum atomic E-state index is 12.6. The van der Waals surface area contributed by atoms with Crippen LogP contribution in [0, 0.1) is 0 Å². The van der Waals surface area contributed by atoms with Crippen LogP contribution in [-0.4, -0.2) is 59.9 Å². The highest BCUT2D eigenvalue weighted by Gasteiger charge is 2.33. The zero-order chi connectivity index (χ0) is 24.3. The van der Waals surface area contributed by atoms with E-state index in [0.29, 0.717) is 13.0 Å². The van der Waals surface area contributed by atoms with Crippen LogP contribution in [0.1, 0.15) is 46.1 Å². The van der Waals surface area contributed by atoms with E-state index >= 15 is 0 Å². The topological polar surface area (TPSA) is 163 Å². The highest BCUT2D eigenvalue weighted by Crippen LogP contribution is 2.21. The maximum absolute atomic E-state index is 12.6. The van der Waals surface area contributed by atoms with E-state index in [9.17, 15) is 14.4 Å². The van der Waals surface area contributed by atoms with Crippen molar-refractivity contribution in [2.45, 2.75) is 52.2 Å². The molecule has 1 atom stereocenters. The highest BCUT2D eigenvalue weighted by atomic mass is 16.6. The molecule has 1 heterocycles. The molecule has 1 aliphatic rings. The van der Waals surface area contributed by atoms with Crippen LogP contribution in [0.3, 0.4) is 0 Å². The Bertz CT molecular complexity index is 828. The van der Waals surface area contributed by atoms with Crippen LogP contribution < -0.4 is 21.4 Å². The molecular weight excluding hydrogens is 418 g/mol. The monoisotopic (exact) mass is 449 g/mol. The average molecular weight is 450 g/mol. The molecule has 11 heteroatoms. The molecule has 5 N–H and O–H groups in total. The standard InChI is InChI=1S/C19H27N5O4.C2H4O2/c1-19(2,3)28-16(25)8-10-21-18(27)23-15-9-11-24(17(15)26)14-6-4-13(5-7-14)12-22-20;1-2(3)4/h4-7,12,15H,8-11,20H2,1-3H3,(H2,21,23,27);1H3,(H,3,4)/t15-;/m0./s1. The normalized spacial score (nSPS) is 15.7. The highest BCUT2D eigenvalue weighted by molar-refractivity contribution is 6.01. The lowest BCUT2D eigenvalue weighted by molar-refractivity contribution is -0.154. The number of hydrogen-bond donors (Lipinski definition) is 4. The first-order valence-corrected chi connectivity index (χ1v) is 10.0. The molecule has 0 unspecified atom stereocenters. The number of nitrogens with one attached hydrogen (secondary N) is 2. The Balaban J connectivity index is 0.00000118. The van der Waals surface area contributed by atoms with E-state index in [-0.39, 0.29) is 24.8 Å². The van der Waals surface area contributed by atoms with Gasteiger partial charge in [0.25, 0.3) is 5.97 Å². The number of hydrogen-bond acceptors (Lipinski definition) is 7. The lowest BCUT2D eigenvalue weighted by Gasteiger charge is -2.19. The van der Waals surface area contributed by atoms with Gasteiger partial charge in [-0.25, -0.2) is 4.79 Å². The fourth-order valence-electron chi connectivity index (χ4n) is 2.78. The maximum Gasteiger partial charge on any atom is 0.315 e. The van der Waals surface area contributed by atoms with Crippen LogP contribution >= 0.6 is 0 Å². The number of nitrogens with zero attached hydrogens (tertiary/aromatic N) is 2. The van der Waals surface area contributed by atoms with E-state index in [4.69, 9.17) is 20.5 Å². The summed E-state index contributed by atoms with van der Waals surface area (Å²) in [5.74, 6) is 3.72. The average Bonchev–Trinajstić information content (AvgIpc) is 3.01. The van der Waals surface area contributed by atoms with Gasteiger partial charge in [0.15, 0.2) is 0 Å². The second-order valence-corrected chi connectivity index (χ2v) is 7.96. The van der Waals surface area contributed by atoms with E-state index in [1.807, 2.05) is 12.1 Å². The second-order valence-electron chi connectivity index (χ2n) is 7.96. The zero-order valence-corrected chi connectivity index (χ0v) is 18.8. The summed E-state index contributed by atoms with van der Waals surface area (Å²) in [5, 5.41) is 16.1. The lowest BCUT2D eigenvalue weighted by atomic mass is 10.2. The Morgan fingerprint density at radius 3 is 2.41 bits per heavy atom. The van der Waals surface area contributed by atoms with Crippen LogP contribution in [-0.2, 0) is 19.1 Å². The van der Waals surface area contributed by atoms with Gasteiger partial charge in [-0.05, 0) is 44.9 Å². The molecule has 1 saturated heterocycles. The lowest BCUT2D eigenvalue weighted by Crippen LogP contribution is -2.46. The predicted octanol–water partition coefficient (Wildman–Crippen LogP) is 1.21. The summed E-state index contributed by atoms with van der Waals surface area (Å²) in [4.78, 5) is 46.8. The molecule has 32 heavy (non-hydrogen) atoms. The van der Waals surface area contributed by atoms with Crippen LogP contribution in [0.4, 0.5) is 10.5 Å². The third kappa shape index (κ3) is 9.92. The summed E-state index contributed by atoms with van der Waals surface area (Å²) in [6.07, 6.45) is 2.08. The Morgan fingerprint density at radius 1 is 1.28 bits per heavy atom. The number of aliphatic carboxylic acids is 1. The Hall–Kier alpha value is -3.63. The molecule has 11 nitrogen and oxygen atoms in total. The van der Waals surface area contributed by atoms with Gasteiger partial charge in [-0.3, -0.25) is 14.4 Å². The third-order valence-electron chi connectivity index (χ3n) is 3.97. The van der Waals surface area contributed by atoms with Gasteiger partial charge < -0.3 is 31.2 Å². The number of hydrazone groups is 1. The summed E-state index contributed by atoms with van der Waals surface area (Å²) in [6, 6.07) is 6.13. The Labute approximate surface area is 187 Å². The van der Waals surface area contributed by atoms with Gasteiger partial charge in [0.2, 0.25) is 5.91 Å². The summed E-state index contributed by atoms with van der Waals surface area (Å²) >= 11 is 0. The molecule has 0 bridgehead atoms. The fourth-order valence-corrected chi connectivity index (χ4v) is 2.78. The minimum absolute atomic E-state index is 0.0634. The SMILES string of the molecule is CC(=O)O.CC(C)(C)OC(=O)CCNC(=O)N[C@H]1CCN(c2ccc(C=NN)cc2)C1=O. The number of benzene rings is 1. The van der Waals surface area contributed by atoms with E-state index in [2.05, 4.69) is 15.7 Å². The minimum atomic E-state index is -0.833. The number of carbonyl (C=O) groups is 4. The third-order valence-corrected chi connectivity index (χ3v) is 3.97. The predicted molar refractivity (Wildman–Crippen MR) is 119 cm³/mol. The first-order chi connectivity index (χ1) is 14.9. The van der Waals surface area contributed by atoms with Crippen molar-refractivity contribution in [3.63, 3.8) is 0 Å². The number of urea groups is 1. The van der Waals surface area contributed by atoms with E-state index in [0.717, 1.165) is 18.2 Å². The van der Waals surface area contributed by atoms with Crippen molar-refractivity contribution < 1.29 is 29.0 Å². The van der Waals surface area contributed by atoms with Crippen LogP contribution in [0.5, 0.6) is 0 Å². The smallest absolute Gasteiger partial charge is 0.315 e. The zero-order valence-electron chi connectivity index (χ0n) is 18.8. The summed E-state index contributed by atoms with van der Waals surface area (Å²) in [5.41, 5.74) is 1.01. The summed E-state index contributed by atoms with van der Waals surface area (Å²) in [7, 11) is 0. The summed E-state index contributed by atoms with van der Waals surface area (Å²) < 4.78 is 5.17. The molecule has 1 fully saturated rings. The Kier molecular flexibility index (Phi) is 10.1. The molecule has 0 aromatic heterocycles. The molecule has 1 aromatic carbocycles. The second kappa shape index (κ2) is 12.3. The number of amides is 3. The molecule has 0 spiro atoms. The van der Waals surface area contributed by atoms with Gasteiger partial charge in [-0.15, -0.1) is 0 Å².